The summed E-state index contributed by atoms with van der Waals surface area (Å²) in [5.41, 5.74) is 9.36. The molecule has 1 fully saturated rings. The normalized spacial score (nSPS) is 15.1. The summed E-state index contributed by atoms with van der Waals surface area (Å²) in [5.74, 6) is 1.83. The summed E-state index contributed by atoms with van der Waals surface area (Å²) in [4.78, 5) is 9.52. The average Bonchev–Trinajstić information content (AvgIpc) is 2.81. The summed E-state index contributed by atoms with van der Waals surface area (Å²) in [7, 11) is 0. The molecule has 0 spiro atoms. The first-order chi connectivity index (χ1) is 15.6. The molecule has 0 aliphatic carbocycles. The topological polar surface area (TPSA) is 75.3 Å². The third kappa shape index (κ3) is 8.68. The van der Waals surface area contributed by atoms with Crippen LogP contribution in [0.3, 0.4) is 0 Å². The van der Waals surface area contributed by atoms with Gasteiger partial charge in [-0.1, -0.05) is 31.2 Å². The molecule has 0 saturated carbocycles. The summed E-state index contributed by atoms with van der Waals surface area (Å²) in [6.07, 6.45) is 0. The van der Waals surface area contributed by atoms with E-state index in [0.717, 1.165) is 62.0 Å². The van der Waals surface area contributed by atoms with E-state index >= 15 is 0 Å². The van der Waals surface area contributed by atoms with E-state index in [-0.39, 0.29) is 24.0 Å². The Bertz CT molecular complexity index is 868. The number of ether oxygens (including phenoxy) is 2. The predicted molar refractivity (Wildman–Crippen MR) is 147 cm³/mol. The lowest BCUT2D eigenvalue weighted by atomic mass is 10.1. The molecule has 3 N–H and O–H groups in total. The van der Waals surface area contributed by atoms with Crippen molar-refractivity contribution in [3.05, 3.63) is 53.6 Å². The highest BCUT2D eigenvalue weighted by Gasteiger charge is 2.15. The van der Waals surface area contributed by atoms with Gasteiger partial charge >= 0.3 is 0 Å². The Labute approximate surface area is 215 Å². The minimum absolute atomic E-state index is 0. The Kier molecular flexibility index (Phi) is 11.8. The maximum atomic E-state index is 6.15. The van der Waals surface area contributed by atoms with Gasteiger partial charge in [0, 0.05) is 38.8 Å². The molecule has 0 amide bonds. The van der Waals surface area contributed by atoms with Crippen molar-refractivity contribution in [3.63, 3.8) is 0 Å². The molecule has 0 radical (unpaired) electrons. The molecule has 33 heavy (non-hydrogen) atoms. The lowest BCUT2D eigenvalue weighted by molar-refractivity contribution is 0.132. The van der Waals surface area contributed by atoms with Gasteiger partial charge in [-0.15, -0.1) is 24.0 Å². The van der Waals surface area contributed by atoms with E-state index in [2.05, 4.69) is 51.3 Å². The Morgan fingerprint density at radius 2 is 1.55 bits per heavy atom. The zero-order valence-corrected chi connectivity index (χ0v) is 22.4. The van der Waals surface area contributed by atoms with Gasteiger partial charge in [0.2, 0.25) is 0 Å². The van der Waals surface area contributed by atoms with Crippen molar-refractivity contribution in [1.82, 2.24) is 9.80 Å². The first kappa shape index (κ1) is 27.2. The molecule has 182 valence electrons. The Balaban J connectivity index is 0.00000385. The number of aliphatic imine (C=N–C) groups is 1. The molecule has 2 aromatic rings. The Morgan fingerprint density at radius 3 is 2.18 bits per heavy atom. The van der Waals surface area contributed by atoms with Crippen molar-refractivity contribution in [1.29, 1.82) is 0 Å². The van der Waals surface area contributed by atoms with Crippen molar-refractivity contribution < 1.29 is 9.47 Å². The molecule has 0 atom stereocenters. The second kappa shape index (κ2) is 14.3. The molecule has 0 bridgehead atoms. The van der Waals surface area contributed by atoms with Gasteiger partial charge in [-0.2, -0.15) is 0 Å². The van der Waals surface area contributed by atoms with E-state index in [1.54, 1.807) is 0 Å². The van der Waals surface area contributed by atoms with E-state index in [1.165, 1.54) is 5.56 Å². The van der Waals surface area contributed by atoms with Crippen molar-refractivity contribution in [2.45, 2.75) is 33.9 Å². The quantitative estimate of drug-likeness (QED) is 0.255. The number of benzene rings is 2. The number of nitrogens with one attached hydrogen (secondary N) is 1. The summed E-state index contributed by atoms with van der Waals surface area (Å²) in [5, 5.41) is 3.15. The molecule has 1 saturated heterocycles. The first-order valence-corrected chi connectivity index (χ1v) is 11.6. The molecule has 8 heteroatoms. The van der Waals surface area contributed by atoms with Crippen LogP contribution < -0.4 is 20.5 Å². The standard InChI is InChI=1S/C25H37N5O2.HI/c1-4-29-13-15-30(16-14-29)19-21-9-7-20(8-10-21)18-27-25(26)28-23-17-22(31-5-2)11-12-24(23)32-6-3;/h7-12,17H,4-6,13-16,18-19H2,1-3H3,(H3,26,27,28);1H. The third-order valence-electron chi connectivity index (χ3n) is 5.60. The third-order valence-corrected chi connectivity index (χ3v) is 5.60. The number of nitrogens with zero attached hydrogens (tertiary/aromatic N) is 3. The fraction of sp³-hybridized carbons (Fsp3) is 0.480. The molecule has 1 aliphatic heterocycles. The van der Waals surface area contributed by atoms with Crippen LogP contribution in [0, 0.1) is 0 Å². The van der Waals surface area contributed by atoms with Crippen LogP contribution >= 0.6 is 24.0 Å². The van der Waals surface area contributed by atoms with Gasteiger partial charge < -0.3 is 25.4 Å². The molecule has 0 aromatic heterocycles. The van der Waals surface area contributed by atoms with Gasteiger partial charge in [-0.25, -0.2) is 4.99 Å². The Morgan fingerprint density at radius 1 is 0.909 bits per heavy atom. The summed E-state index contributed by atoms with van der Waals surface area (Å²) in [6, 6.07) is 14.3. The molecule has 2 aromatic carbocycles. The van der Waals surface area contributed by atoms with Crippen LogP contribution in [0.25, 0.3) is 0 Å². The van der Waals surface area contributed by atoms with Crippen LogP contribution in [0.1, 0.15) is 31.9 Å². The van der Waals surface area contributed by atoms with E-state index in [4.69, 9.17) is 15.2 Å². The highest BCUT2D eigenvalue weighted by molar-refractivity contribution is 14.0. The molecule has 3 rings (SSSR count). The number of hydrogen-bond acceptors (Lipinski definition) is 5. The van der Waals surface area contributed by atoms with Crippen LogP contribution in [-0.2, 0) is 13.1 Å². The lowest BCUT2D eigenvalue weighted by Gasteiger charge is -2.34. The monoisotopic (exact) mass is 567 g/mol. The first-order valence-electron chi connectivity index (χ1n) is 11.6. The van der Waals surface area contributed by atoms with Crippen LogP contribution in [0.2, 0.25) is 0 Å². The number of anilines is 1. The van der Waals surface area contributed by atoms with Crippen LogP contribution in [-0.4, -0.2) is 61.7 Å². The van der Waals surface area contributed by atoms with Gasteiger partial charge in [0.15, 0.2) is 5.96 Å². The SMILES string of the molecule is CCOc1ccc(OCC)c(NC(N)=NCc2ccc(CN3CCN(CC)CC3)cc2)c1.I. The van der Waals surface area contributed by atoms with Crippen LogP contribution in [0.5, 0.6) is 11.5 Å². The van der Waals surface area contributed by atoms with Gasteiger partial charge in [0.25, 0.3) is 0 Å². The van der Waals surface area contributed by atoms with Crippen molar-refractivity contribution >= 4 is 35.6 Å². The zero-order valence-electron chi connectivity index (χ0n) is 20.0. The average molecular weight is 568 g/mol. The minimum atomic E-state index is 0. The van der Waals surface area contributed by atoms with Crippen LogP contribution in [0.4, 0.5) is 5.69 Å². The largest absolute Gasteiger partial charge is 0.494 e. The minimum Gasteiger partial charge on any atom is -0.494 e. The fourth-order valence-electron chi connectivity index (χ4n) is 3.77. The van der Waals surface area contributed by atoms with Crippen molar-refractivity contribution in [3.8, 4) is 11.5 Å². The smallest absolute Gasteiger partial charge is 0.193 e. The van der Waals surface area contributed by atoms with E-state index in [0.29, 0.717) is 25.7 Å². The molecular formula is C25H38IN5O2. The summed E-state index contributed by atoms with van der Waals surface area (Å²) < 4.78 is 11.3. The number of guanidine groups is 1. The molecule has 7 nitrogen and oxygen atoms in total. The van der Waals surface area contributed by atoms with Gasteiger partial charge in [-0.3, -0.25) is 4.90 Å². The highest BCUT2D eigenvalue weighted by atomic mass is 127. The second-order valence-corrected chi connectivity index (χ2v) is 7.88. The molecular weight excluding hydrogens is 529 g/mol. The van der Waals surface area contributed by atoms with Gasteiger partial charge in [-0.05, 0) is 43.7 Å². The summed E-state index contributed by atoms with van der Waals surface area (Å²) in [6.45, 7) is 14.6. The van der Waals surface area contributed by atoms with Gasteiger partial charge in [0.1, 0.15) is 11.5 Å². The fourth-order valence-corrected chi connectivity index (χ4v) is 3.77. The van der Waals surface area contributed by atoms with Gasteiger partial charge in [0.05, 0.1) is 25.4 Å². The number of hydrogen-bond donors (Lipinski definition) is 2. The predicted octanol–water partition coefficient (Wildman–Crippen LogP) is 4.17. The summed E-state index contributed by atoms with van der Waals surface area (Å²) >= 11 is 0. The number of nitrogens with two attached hydrogens (primary N) is 1. The van der Waals surface area contributed by atoms with E-state index < -0.39 is 0 Å². The number of halogens is 1. The van der Waals surface area contributed by atoms with Crippen LogP contribution in [0.15, 0.2) is 47.5 Å². The lowest BCUT2D eigenvalue weighted by Crippen LogP contribution is -2.45. The zero-order chi connectivity index (χ0) is 22.8. The van der Waals surface area contributed by atoms with Crippen molar-refractivity contribution in [2.75, 3.05) is 51.3 Å². The number of rotatable bonds is 10. The number of likely N-dealkylation sites (N-methyl/N-ethyl adjacent to an activating group) is 1. The maximum Gasteiger partial charge on any atom is 0.193 e. The second-order valence-electron chi connectivity index (χ2n) is 7.88. The Hall–Kier alpha value is -2.04. The van der Waals surface area contributed by atoms with E-state index in [9.17, 15) is 0 Å². The van der Waals surface area contributed by atoms with E-state index in [1.807, 2.05) is 32.0 Å². The molecule has 1 aliphatic rings. The maximum absolute atomic E-state index is 6.15. The highest BCUT2D eigenvalue weighted by Crippen LogP contribution is 2.29. The number of piperazine rings is 1. The molecule has 1 heterocycles. The molecule has 0 unspecified atom stereocenters. The van der Waals surface area contributed by atoms with Crippen molar-refractivity contribution in [2.24, 2.45) is 10.7 Å².